The summed E-state index contributed by atoms with van der Waals surface area (Å²) in [4.78, 5) is 2.27. The molecule has 1 rings (SSSR count). The molecular weight excluding hydrogens is 186 g/mol. The quantitative estimate of drug-likeness (QED) is 0.759. The maximum absolute atomic E-state index is 10.4. The normalized spacial score (nSPS) is 23.0. The molecule has 15 heavy (non-hydrogen) atoms. The monoisotopic (exact) mass is 213 g/mol. The van der Waals surface area contributed by atoms with E-state index in [1.165, 1.54) is 38.5 Å². The SMILES string of the molecule is CCCCC(O)C1(N(C)C)CCCCC1. The van der Waals surface area contributed by atoms with Gasteiger partial charge < -0.3 is 10.0 Å². The Bertz CT molecular complexity index is 173. The van der Waals surface area contributed by atoms with E-state index in [1.807, 2.05) is 0 Å². The summed E-state index contributed by atoms with van der Waals surface area (Å²) in [5.74, 6) is 0. The van der Waals surface area contributed by atoms with Crippen molar-refractivity contribution in [2.45, 2.75) is 69.9 Å². The van der Waals surface area contributed by atoms with Crippen LogP contribution in [0.25, 0.3) is 0 Å². The Balaban J connectivity index is 2.62. The van der Waals surface area contributed by atoms with E-state index in [0.29, 0.717) is 0 Å². The molecule has 1 N–H and O–H groups in total. The average molecular weight is 213 g/mol. The lowest BCUT2D eigenvalue weighted by atomic mass is 9.75. The third kappa shape index (κ3) is 2.94. The molecule has 1 fully saturated rings. The highest BCUT2D eigenvalue weighted by Gasteiger charge is 2.40. The third-order valence-corrected chi connectivity index (χ3v) is 4.06. The van der Waals surface area contributed by atoms with Crippen LogP contribution < -0.4 is 0 Å². The second kappa shape index (κ2) is 5.86. The molecule has 0 heterocycles. The zero-order chi connectivity index (χ0) is 11.3. The van der Waals surface area contributed by atoms with E-state index in [0.717, 1.165) is 12.8 Å². The van der Waals surface area contributed by atoms with Gasteiger partial charge in [-0.05, 0) is 33.4 Å². The van der Waals surface area contributed by atoms with Crippen LogP contribution in [0, 0.1) is 0 Å². The molecule has 0 aromatic heterocycles. The molecule has 1 saturated carbocycles. The van der Waals surface area contributed by atoms with E-state index < -0.39 is 0 Å². The van der Waals surface area contributed by atoms with Gasteiger partial charge in [-0.1, -0.05) is 39.0 Å². The van der Waals surface area contributed by atoms with Crippen LogP contribution in [-0.2, 0) is 0 Å². The largest absolute Gasteiger partial charge is 0.391 e. The van der Waals surface area contributed by atoms with Gasteiger partial charge in [-0.2, -0.15) is 0 Å². The van der Waals surface area contributed by atoms with E-state index in [1.54, 1.807) is 0 Å². The minimum absolute atomic E-state index is 0.0768. The predicted molar refractivity (Wildman–Crippen MR) is 65.0 cm³/mol. The second-order valence-electron chi connectivity index (χ2n) is 5.22. The van der Waals surface area contributed by atoms with Crippen LogP contribution in [0.1, 0.15) is 58.3 Å². The Kier molecular flexibility index (Phi) is 5.07. The van der Waals surface area contributed by atoms with Gasteiger partial charge in [-0.15, -0.1) is 0 Å². The lowest BCUT2D eigenvalue weighted by Gasteiger charge is -2.46. The molecule has 0 bridgehead atoms. The summed E-state index contributed by atoms with van der Waals surface area (Å²) >= 11 is 0. The van der Waals surface area contributed by atoms with E-state index in [9.17, 15) is 5.11 Å². The van der Waals surface area contributed by atoms with Crippen LogP contribution in [0.3, 0.4) is 0 Å². The average Bonchev–Trinajstić information content (AvgIpc) is 2.26. The molecule has 0 aromatic carbocycles. The fraction of sp³-hybridized carbons (Fsp3) is 1.00. The molecule has 0 spiro atoms. The second-order valence-corrected chi connectivity index (χ2v) is 5.22. The van der Waals surface area contributed by atoms with Gasteiger partial charge in [-0.25, -0.2) is 0 Å². The lowest BCUT2D eigenvalue weighted by molar-refractivity contribution is -0.0364. The Morgan fingerprint density at radius 3 is 2.27 bits per heavy atom. The minimum atomic E-state index is -0.132. The number of rotatable bonds is 5. The van der Waals surface area contributed by atoms with E-state index >= 15 is 0 Å². The van der Waals surface area contributed by atoms with Gasteiger partial charge in [0.2, 0.25) is 0 Å². The topological polar surface area (TPSA) is 23.5 Å². The van der Waals surface area contributed by atoms with Crippen molar-refractivity contribution in [3.63, 3.8) is 0 Å². The van der Waals surface area contributed by atoms with E-state index in [4.69, 9.17) is 0 Å². The number of hydrogen-bond acceptors (Lipinski definition) is 2. The maximum atomic E-state index is 10.4. The number of hydrogen-bond donors (Lipinski definition) is 1. The van der Waals surface area contributed by atoms with E-state index in [-0.39, 0.29) is 11.6 Å². The van der Waals surface area contributed by atoms with Crippen molar-refractivity contribution in [1.29, 1.82) is 0 Å². The highest BCUT2D eigenvalue weighted by molar-refractivity contribution is 4.96. The molecule has 1 aliphatic carbocycles. The zero-order valence-corrected chi connectivity index (χ0v) is 10.6. The molecule has 0 aromatic rings. The summed E-state index contributed by atoms with van der Waals surface area (Å²) in [6, 6.07) is 0. The molecular formula is C13H27NO. The zero-order valence-electron chi connectivity index (χ0n) is 10.6. The van der Waals surface area contributed by atoms with Gasteiger partial charge in [0, 0.05) is 5.54 Å². The minimum Gasteiger partial charge on any atom is -0.391 e. The van der Waals surface area contributed by atoms with Crippen molar-refractivity contribution in [3.05, 3.63) is 0 Å². The number of unbranched alkanes of at least 4 members (excludes halogenated alkanes) is 1. The summed E-state index contributed by atoms with van der Waals surface area (Å²) in [6.07, 6.45) is 9.41. The van der Waals surface area contributed by atoms with Crippen LogP contribution >= 0.6 is 0 Å². The lowest BCUT2D eigenvalue weighted by Crippen LogP contribution is -2.54. The van der Waals surface area contributed by atoms with Gasteiger partial charge in [0.1, 0.15) is 0 Å². The first kappa shape index (κ1) is 13.0. The highest BCUT2D eigenvalue weighted by atomic mass is 16.3. The third-order valence-electron chi connectivity index (χ3n) is 4.06. The fourth-order valence-electron chi connectivity index (χ4n) is 2.91. The number of nitrogens with zero attached hydrogens (tertiary/aromatic N) is 1. The molecule has 2 heteroatoms. The summed E-state index contributed by atoms with van der Waals surface area (Å²) in [5.41, 5.74) is 0.0768. The van der Waals surface area contributed by atoms with Crippen molar-refractivity contribution < 1.29 is 5.11 Å². The van der Waals surface area contributed by atoms with Gasteiger partial charge in [0.05, 0.1) is 6.10 Å². The van der Waals surface area contributed by atoms with Crippen LogP contribution in [0.15, 0.2) is 0 Å². The molecule has 2 nitrogen and oxygen atoms in total. The highest BCUT2D eigenvalue weighted by Crippen LogP contribution is 2.36. The van der Waals surface area contributed by atoms with Crippen molar-refractivity contribution >= 4 is 0 Å². The number of likely N-dealkylation sites (N-methyl/N-ethyl adjacent to an activating group) is 1. The Morgan fingerprint density at radius 2 is 1.80 bits per heavy atom. The van der Waals surface area contributed by atoms with Crippen molar-refractivity contribution in [3.8, 4) is 0 Å². The van der Waals surface area contributed by atoms with Gasteiger partial charge in [0.25, 0.3) is 0 Å². The van der Waals surface area contributed by atoms with Gasteiger partial charge in [-0.3, -0.25) is 0 Å². The molecule has 0 radical (unpaired) electrons. The van der Waals surface area contributed by atoms with Crippen LogP contribution in [0.2, 0.25) is 0 Å². The molecule has 0 saturated heterocycles. The summed E-state index contributed by atoms with van der Waals surface area (Å²) < 4.78 is 0. The summed E-state index contributed by atoms with van der Waals surface area (Å²) in [5, 5.41) is 10.4. The molecule has 1 aliphatic rings. The molecule has 1 unspecified atom stereocenters. The van der Waals surface area contributed by atoms with Crippen molar-refractivity contribution in [1.82, 2.24) is 4.90 Å². The van der Waals surface area contributed by atoms with Crippen LogP contribution in [0.5, 0.6) is 0 Å². The van der Waals surface area contributed by atoms with Crippen LogP contribution in [-0.4, -0.2) is 35.7 Å². The Morgan fingerprint density at radius 1 is 1.20 bits per heavy atom. The summed E-state index contributed by atoms with van der Waals surface area (Å²) in [7, 11) is 4.25. The first-order chi connectivity index (χ1) is 7.13. The van der Waals surface area contributed by atoms with Crippen molar-refractivity contribution in [2.75, 3.05) is 14.1 Å². The fourth-order valence-corrected chi connectivity index (χ4v) is 2.91. The summed E-state index contributed by atoms with van der Waals surface area (Å²) in [6.45, 7) is 2.19. The Labute approximate surface area is 94.7 Å². The predicted octanol–water partition coefficient (Wildman–Crippen LogP) is 2.80. The van der Waals surface area contributed by atoms with Gasteiger partial charge in [0.15, 0.2) is 0 Å². The Hall–Kier alpha value is -0.0800. The van der Waals surface area contributed by atoms with E-state index in [2.05, 4.69) is 25.9 Å². The van der Waals surface area contributed by atoms with Crippen LogP contribution in [0.4, 0.5) is 0 Å². The molecule has 0 aliphatic heterocycles. The smallest absolute Gasteiger partial charge is 0.0723 e. The molecule has 0 amide bonds. The molecule has 90 valence electrons. The molecule has 1 atom stereocenters. The van der Waals surface area contributed by atoms with Gasteiger partial charge >= 0.3 is 0 Å². The number of aliphatic hydroxyl groups excluding tert-OH is 1. The maximum Gasteiger partial charge on any atom is 0.0723 e. The first-order valence-electron chi connectivity index (χ1n) is 6.49. The van der Waals surface area contributed by atoms with Crippen molar-refractivity contribution in [2.24, 2.45) is 0 Å². The first-order valence-corrected chi connectivity index (χ1v) is 6.49. The standard InChI is InChI=1S/C13H27NO/c1-4-5-9-12(15)13(14(2)3)10-7-6-8-11-13/h12,15H,4-11H2,1-3H3. The number of aliphatic hydroxyl groups is 1.